The molecule has 0 saturated heterocycles. The number of aromatic nitrogens is 2. The van der Waals surface area contributed by atoms with E-state index in [4.69, 9.17) is 10.8 Å². The summed E-state index contributed by atoms with van der Waals surface area (Å²) in [6.07, 6.45) is 0. The van der Waals surface area contributed by atoms with Gasteiger partial charge in [0, 0.05) is 17.0 Å². The molecule has 0 spiro atoms. The molecule has 2 aromatic heterocycles. The van der Waals surface area contributed by atoms with Gasteiger partial charge >= 0.3 is 0 Å². The van der Waals surface area contributed by atoms with Gasteiger partial charge < -0.3 is 10.8 Å². The van der Waals surface area contributed by atoms with Gasteiger partial charge in [0.1, 0.15) is 5.82 Å². The average Bonchev–Trinajstić information content (AvgIpc) is 2.76. The standard InChI is InChI=1S/C9H11N3OS/c10-9-5-8(7-1-4-14-6-7)11-12(9)2-3-13/h1,4-6,13H,2-3,10H2. The van der Waals surface area contributed by atoms with Gasteiger partial charge in [0.05, 0.1) is 18.8 Å². The van der Waals surface area contributed by atoms with E-state index in [1.165, 1.54) is 0 Å². The van der Waals surface area contributed by atoms with Crippen molar-refractivity contribution in [2.24, 2.45) is 0 Å². The number of anilines is 1. The molecule has 0 aromatic carbocycles. The smallest absolute Gasteiger partial charge is 0.122 e. The summed E-state index contributed by atoms with van der Waals surface area (Å²) in [5, 5.41) is 17.1. The molecule has 5 heteroatoms. The van der Waals surface area contributed by atoms with Crippen LogP contribution in [0.15, 0.2) is 22.9 Å². The Bertz CT molecular complexity index is 408. The number of aliphatic hydroxyl groups is 1. The molecule has 74 valence electrons. The third-order valence-corrected chi connectivity index (χ3v) is 2.62. The fourth-order valence-electron chi connectivity index (χ4n) is 1.26. The van der Waals surface area contributed by atoms with Gasteiger partial charge in [-0.05, 0) is 11.4 Å². The summed E-state index contributed by atoms with van der Waals surface area (Å²) in [5.41, 5.74) is 7.65. The van der Waals surface area contributed by atoms with Crippen LogP contribution in [0.5, 0.6) is 0 Å². The predicted octanol–water partition coefficient (Wildman–Crippen LogP) is 1.19. The van der Waals surface area contributed by atoms with Gasteiger partial charge in [0.25, 0.3) is 0 Å². The van der Waals surface area contributed by atoms with Crippen LogP contribution < -0.4 is 5.73 Å². The van der Waals surface area contributed by atoms with Crippen LogP contribution in [0.1, 0.15) is 0 Å². The number of thiophene rings is 1. The fraction of sp³-hybridized carbons (Fsp3) is 0.222. The zero-order valence-electron chi connectivity index (χ0n) is 7.55. The van der Waals surface area contributed by atoms with E-state index in [0.717, 1.165) is 11.3 Å². The summed E-state index contributed by atoms with van der Waals surface area (Å²) in [5.74, 6) is 0.584. The van der Waals surface area contributed by atoms with Crippen molar-refractivity contribution < 1.29 is 5.11 Å². The van der Waals surface area contributed by atoms with E-state index in [2.05, 4.69) is 5.10 Å². The number of hydrogen-bond donors (Lipinski definition) is 2. The lowest BCUT2D eigenvalue weighted by Crippen LogP contribution is -2.07. The molecular weight excluding hydrogens is 198 g/mol. The summed E-state index contributed by atoms with van der Waals surface area (Å²) in [7, 11) is 0. The van der Waals surface area contributed by atoms with Gasteiger partial charge in [-0.2, -0.15) is 16.4 Å². The Balaban J connectivity index is 2.33. The molecule has 0 atom stereocenters. The molecule has 4 nitrogen and oxygen atoms in total. The maximum absolute atomic E-state index is 8.77. The van der Waals surface area contributed by atoms with Crippen molar-refractivity contribution in [3.05, 3.63) is 22.9 Å². The van der Waals surface area contributed by atoms with Gasteiger partial charge in [-0.3, -0.25) is 0 Å². The molecule has 0 bridgehead atoms. The van der Waals surface area contributed by atoms with Gasteiger partial charge in [-0.25, -0.2) is 4.68 Å². The van der Waals surface area contributed by atoms with Crippen LogP contribution in [0.25, 0.3) is 11.3 Å². The Morgan fingerprint density at radius 2 is 2.43 bits per heavy atom. The SMILES string of the molecule is Nc1cc(-c2ccsc2)nn1CCO. The van der Waals surface area contributed by atoms with Crippen LogP contribution in [0.2, 0.25) is 0 Å². The first-order valence-electron chi connectivity index (χ1n) is 4.28. The van der Waals surface area contributed by atoms with E-state index in [1.807, 2.05) is 22.9 Å². The second-order valence-electron chi connectivity index (χ2n) is 2.91. The molecule has 0 fully saturated rings. The van der Waals surface area contributed by atoms with Gasteiger partial charge in [-0.15, -0.1) is 0 Å². The number of aliphatic hydroxyl groups excluding tert-OH is 1. The maximum atomic E-state index is 8.77. The van der Waals surface area contributed by atoms with Crippen LogP contribution in [-0.2, 0) is 6.54 Å². The van der Waals surface area contributed by atoms with Crippen molar-refractivity contribution in [1.29, 1.82) is 0 Å². The lowest BCUT2D eigenvalue weighted by Gasteiger charge is -1.98. The first kappa shape index (κ1) is 9.23. The predicted molar refractivity (Wildman–Crippen MR) is 57.0 cm³/mol. The second kappa shape index (κ2) is 3.81. The zero-order valence-corrected chi connectivity index (χ0v) is 8.37. The quantitative estimate of drug-likeness (QED) is 0.798. The molecule has 0 radical (unpaired) electrons. The van der Waals surface area contributed by atoms with Gasteiger partial charge in [0.15, 0.2) is 0 Å². The minimum Gasteiger partial charge on any atom is -0.394 e. The number of nitrogen functional groups attached to an aromatic ring is 1. The minimum absolute atomic E-state index is 0.0506. The van der Waals surface area contributed by atoms with E-state index >= 15 is 0 Å². The summed E-state index contributed by atoms with van der Waals surface area (Å²) < 4.78 is 1.60. The minimum atomic E-state index is 0.0506. The maximum Gasteiger partial charge on any atom is 0.122 e. The average molecular weight is 209 g/mol. The number of hydrogen-bond acceptors (Lipinski definition) is 4. The fourth-order valence-corrected chi connectivity index (χ4v) is 1.91. The monoisotopic (exact) mass is 209 g/mol. The molecule has 0 aliphatic rings. The Morgan fingerprint density at radius 3 is 3.07 bits per heavy atom. The second-order valence-corrected chi connectivity index (χ2v) is 3.69. The van der Waals surface area contributed by atoms with Gasteiger partial charge in [0.2, 0.25) is 0 Å². The third-order valence-electron chi connectivity index (χ3n) is 1.94. The third kappa shape index (κ3) is 1.64. The van der Waals surface area contributed by atoms with Gasteiger partial charge in [-0.1, -0.05) is 0 Å². The Kier molecular flexibility index (Phi) is 2.51. The summed E-state index contributed by atoms with van der Waals surface area (Å²) in [6.45, 7) is 0.491. The molecule has 0 aliphatic carbocycles. The molecule has 0 amide bonds. The molecular formula is C9H11N3OS. The van der Waals surface area contributed by atoms with E-state index in [0.29, 0.717) is 12.4 Å². The highest BCUT2D eigenvalue weighted by Crippen LogP contribution is 2.22. The van der Waals surface area contributed by atoms with E-state index in [9.17, 15) is 0 Å². The molecule has 0 aliphatic heterocycles. The van der Waals surface area contributed by atoms with E-state index in [1.54, 1.807) is 16.0 Å². The molecule has 14 heavy (non-hydrogen) atoms. The van der Waals surface area contributed by atoms with Crippen LogP contribution >= 0.6 is 11.3 Å². The van der Waals surface area contributed by atoms with Crippen molar-refractivity contribution in [2.45, 2.75) is 6.54 Å². The van der Waals surface area contributed by atoms with Crippen LogP contribution in [0.4, 0.5) is 5.82 Å². The number of nitrogens with zero attached hydrogens (tertiary/aromatic N) is 2. The largest absolute Gasteiger partial charge is 0.394 e. The van der Waals surface area contributed by atoms with E-state index < -0.39 is 0 Å². The highest BCUT2D eigenvalue weighted by molar-refractivity contribution is 7.08. The number of rotatable bonds is 3. The Labute approximate surface area is 85.6 Å². The summed E-state index contributed by atoms with van der Waals surface area (Å²) in [4.78, 5) is 0. The Hall–Kier alpha value is -1.33. The molecule has 3 N–H and O–H groups in total. The van der Waals surface area contributed by atoms with Crippen LogP contribution in [-0.4, -0.2) is 21.5 Å². The molecule has 2 rings (SSSR count). The number of nitrogens with two attached hydrogens (primary N) is 1. The highest BCUT2D eigenvalue weighted by atomic mass is 32.1. The highest BCUT2D eigenvalue weighted by Gasteiger charge is 2.06. The summed E-state index contributed by atoms with van der Waals surface area (Å²) >= 11 is 1.62. The van der Waals surface area contributed by atoms with Crippen molar-refractivity contribution in [3.63, 3.8) is 0 Å². The van der Waals surface area contributed by atoms with E-state index in [-0.39, 0.29) is 6.61 Å². The molecule has 2 heterocycles. The molecule has 0 unspecified atom stereocenters. The Morgan fingerprint density at radius 1 is 1.57 bits per heavy atom. The molecule has 0 saturated carbocycles. The van der Waals surface area contributed by atoms with Crippen molar-refractivity contribution >= 4 is 17.2 Å². The topological polar surface area (TPSA) is 64.1 Å². The van der Waals surface area contributed by atoms with Crippen molar-refractivity contribution in [1.82, 2.24) is 9.78 Å². The zero-order chi connectivity index (χ0) is 9.97. The lowest BCUT2D eigenvalue weighted by molar-refractivity contribution is 0.270. The first-order valence-corrected chi connectivity index (χ1v) is 5.22. The first-order chi connectivity index (χ1) is 6.81. The van der Waals surface area contributed by atoms with Crippen molar-refractivity contribution in [3.8, 4) is 11.3 Å². The van der Waals surface area contributed by atoms with Crippen LogP contribution in [0, 0.1) is 0 Å². The summed E-state index contributed by atoms with van der Waals surface area (Å²) in [6, 6.07) is 3.81. The lowest BCUT2D eigenvalue weighted by atomic mass is 10.2. The normalized spacial score (nSPS) is 10.6. The molecule has 2 aromatic rings. The van der Waals surface area contributed by atoms with Crippen molar-refractivity contribution in [2.75, 3.05) is 12.3 Å². The van der Waals surface area contributed by atoms with Crippen LogP contribution in [0.3, 0.4) is 0 Å².